The number of ether oxygens (including phenoxy) is 3. The molecule has 468 valence electrons. The number of aliphatic hydroxyl groups excluding tert-OH is 2. The highest BCUT2D eigenvalue weighted by Gasteiger charge is 2.23. The lowest BCUT2D eigenvalue weighted by Crippen LogP contribution is -2.47. The van der Waals surface area contributed by atoms with Crippen molar-refractivity contribution in [2.75, 3.05) is 200 Å². The predicted octanol–water partition coefficient (Wildman–Crippen LogP) is 1.33. The number of carbonyl (C=O) groups excluding carboxylic acids is 1. The van der Waals surface area contributed by atoms with Gasteiger partial charge in [0.2, 0.25) is 0 Å². The van der Waals surface area contributed by atoms with Gasteiger partial charge < -0.3 is 75.9 Å². The number of fused-ring (bicyclic) bond motifs is 2. The van der Waals surface area contributed by atoms with Gasteiger partial charge in [0.25, 0.3) is 5.91 Å². The summed E-state index contributed by atoms with van der Waals surface area (Å²) in [5.74, 6) is 2.09. The number of hydrogen-bond donors (Lipinski definition) is 10. The summed E-state index contributed by atoms with van der Waals surface area (Å²) in [5, 5.41) is 56.3. The molecule has 4 aliphatic heterocycles. The number of carbonyl (C=O) groups is 1. The topological polar surface area (TPSA) is 273 Å². The van der Waals surface area contributed by atoms with E-state index in [9.17, 15) is 20.1 Å². The van der Waals surface area contributed by atoms with Gasteiger partial charge in [-0.05, 0) is 66.7 Å². The molecule has 11 rings (SSSR count). The van der Waals surface area contributed by atoms with Crippen LogP contribution in [0.2, 0.25) is 0 Å². The monoisotopic (exact) mass is 1200 g/mol. The Bertz CT molecular complexity index is 3100. The zero-order valence-corrected chi connectivity index (χ0v) is 50.2. The maximum Gasteiger partial charge on any atom is 0.251 e. The molecule has 25 nitrogen and oxygen atoms in total. The standard InChI is InChI=1S/C62H88N18O7/c81-29-26-74-18-22-78(23-19-74)52-1-3-55-57(40-52)70-60(68-55)46-35-47(61-69-56-4-2-53(41-58(56)71-61)79-24-20-75(21-25-79)27-30-82)39-54(38-46)87-45-51-44-80(73-72-51)28-32-86-34-33-85-31-13-67-62(84)48-36-49(42-76-14-9-63-5-6-64-10-15-76)59(83)50(37-48)43-77-16-11-65-7-8-66-12-17-77/h1-4,35-41,44,63-66,81-83H,5-34,42-43,45H2,(H,67,84)(H,68,70)(H,69,71). The van der Waals surface area contributed by atoms with Crippen LogP contribution in [0.15, 0.2) is 72.9 Å². The fraction of sp³-hybridized carbons (Fsp3) is 0.532. The van der Waals surface area contributed by atoms with Gasteiger partial charge in [-0.3, -0.25) is 24.4 Å². The normalized spacial score (nSPS) is 17.7. The molecule has 0 bridgehead atoms. The van der Waals surface area contributed by atoms with Crippen LogP contribution in [0, 0.1) is 0 Å². The van der Waals surface area contributed by atoms with Crippen LogP contribution in [0.3, 0.4) is 0 Å². The average molecular weight is 1200 g/mol. The molecule has 4 fully saturated rings. The zero-order valence-electron chi connectivity index (χ0n) is 50.2. The van der Waals surface area contributed by atoms with Crippen molar-refractivity contribution in [1.29, 1.82) is 0 Å². The van der Waals surface area contributed by atoms with Crippen LogP contribution in [-0.2, 0) is 35.7 Å². The van der Waals surface area contributed by atoms with E-state index in [1.165, 1.54) is 0 Å². The Balaban J connectivity index is 0.678. The molecule has 25 heteroatoms. The lowest BCUT2D eigenvalue weighted by molar-refractivity contribution is 0.0444. The second kappa shape index (κ2) is 31.4. The highest BCUT2D eigenvalue weighted by Crippen LogP contribution is 2.34. The van der Waals surface area contributed by atoms with Crippen molar-refractivity contribution in [2.24, 2.45) is 0 Å². The summed E-state index contributed by atoms with van der Waals surface area (Å²) >= 11 is 0. The Kier molecular flexibility index (Phi) is 22.3. The van der Waals surface area contributed by atoms with Crippen molar-refractivity contribution >= 4 is 39.3 Å². The second-order valence-corrected chi connectivity index (χ2v) is 22.9. The Labute approximate surface area is 508 Å². The van der Waals surface area contributed by atoms with Crippen molar-refractivity contribution in [3.05, 3.63) is 95.3 Å². The van der Waals surface area contributed by atoms with E-state index in [2.05, 4.69) is 119 Å². The maximum absolute atomic E-state index is 13.7. The smallest absolute Gasteiger partial charge is 0.251 e. The third-order valence-corrected chi connectivity index (χ3v) is 16.7. The molecule has 4 aromatic carbocycles. The molecular formula is C62H88N18O7. The Morgan fingerprint density at radius 3 is 1.56 bits per heavy atom. The fourth-order valence-corrected chi connectivity index (χ4v) is 11.8. The van der Waals surface area contributed by atoms with E-state index in [4.69, 9.17) is 24.2 Å². The average Bonchev–Trinajstić information content (AvgIpc) is 1.97. The highest BCUT2D eigenvalue weighted by molar-refractivity contribution is 5.95. The number of imidazole rings is 2. The van der Waals surface area contributed by atoms with Gasteiger partial charge in [-0.2, -0.15) is 0 Å². The molecule has 0 spiro atoms. The van der Waals surface area contributed by atoms with E-state index in [0.29, 0.717) is 94.4 Å². The summed E-state index contributed by atoms with van der Waals surface area (Å²) in [5.41, 5.74) is 10.2. The molecule has 0 saturated carbocycles. The first-order valence-electron chi connectivity index (χ1n) is 31.2. The van der Waals surface area contributed by atoms with Crippen molar-refractivity contribution < 1.29 is 34.3 Å². The number of piperazine rings is 2. The summed E-state index contributed by atoms with van der Waals surface area (Å²) in [6.45, 7) is 22.9. The van der Waals surface area contributed by atoms with E-state index in [1.807, 2.05) is 30.5 Å². The number of phenolic OH excluding ortho intramolecular Hbond substituents is 1. The molecule has 1 amide bonds. The van der Waals surface area contributed by atoms with Crippen LogP contribution in [0.4, 0.5) is 11.4 Å². The first kappa shape index (κ1) is 61.8. The van der Waals surface area contributed by atoms with Crippen molar-refractivity contribution in [1.82, 2.24) is 81.1 Å². The van der Waals surface area contributed by atoms with Gasteiger partial charge >= 0.3 is 0 Å². The number of aromatic amines is 2. The molecule has 3 aromatic heterocycles. The number of rotatable bonds is 25. The number of aromatic hydroxyl groups is 1. The minimum atomic E-state index is -0.203. The number of nitrogens with one attached hydrogen (secondary N) is 7. The molecule has 0 atom stereocenters. The number of amides is 1. The predicted molar refractivity (Wildman–Crippen MR) is 337 cm³/mol. The number of anilines is 2. The number of nitrogens with zero attached hydrogens (tertiary/aromatic N) is 11. The first-order chi connectivity index (χ1) is 42.8. The Hall–Kier alpha value is -6.85. The van der Waals surface area contributed by atoms with Crippen molar-refractivity contribution in [2.45, 2.75) is 26.2 Å². The molecule has 4 aliphatic rings. The number of aromatic nitrogens is 7. The second-order valence-electron chi connectivity index (χ2n) is 22.9. The zero-order chi connectivity index (χ0) is 59.6. The van der Waals surface area contributed by atoms with Gasteiger partial charge in [0.15, 0.2) is 0 Å². The SMILES string of the molecule is O=C(NCCOCCOCCn1cc(COc2cc(-c3nc4ccc(N5CCN(CCO)CC5)cc4[nH]3)cc(-c3nc4ccc(N5CCN(CCO)CC5)cc4[nH]3)c2)nn1)c1cc(CN2CCNCCNCC2)c(O)c(CN2CCNCCNCC2)c1. The third kappa shape index (κ3) is 17.3. The molecule has 0 aliphatic carbocycles. The third-order valence-electron chi connectivity index (χ3n) is 16.7. The number of β-amino-alcohol motifs (C(OH)–C–C–N with tert-alkyl or cyclic N) is 2. The Morgan fingerprint density at radius 1 is 0.552 bits per heavy atom. The van der Waals surface area contributed by atoms with Gasteiger partial charge in [-0.25, -0.2) is 14.6 Å². The highest BCUT2D eigenvalue weighted by atomic mass is 16.5. The molecular weight excluding hydrogens is 1110 g/mol. The molecule has 4 saturated heterocycles. The van der Waals surface area contributed by atoms with Crippen LogP contribution < -0.4 is 41.1 Å². The van der Waals surface area contributed by atoms with Gasteiger partial charge in [-0.1, -0.05) is 5.21 Å². The maximum atomic E-state index is 13.7. The summed E-state index contributed by atoms with van der Waals surface area (Å²) in [4.78, 5) is 45.0. The number of benzene rings is 4. The fourth-order valence-electron chi connectivity index (χ4n) is 11.8. The van der Waals surface area contributed by atoms with E-state index < -0.39 is 0 Å². The van der Waals surface area contributed by atoms with E-state index in [1.54, 1.807) is 4.68 Å². The van der Waals surface area contributed by atoms with Gasteiger partial charge in [-0.15, -0.1) is 5.10 Å². The van der Waals surface area contributed by atoms with Crippen LogP contribution in [-0.4, -0.2) is 266 Å². The van der Waals surface area contributed by atoms with E-state index in [0.717, 1.165) is 187 Å². The number of H-pyrrole nitrogens is 2. The van der Waals surface area contributed by atoms with E-state index in [-0.39, 0.29) is 31.5 Å². The summed E-state index contributed by atoms with van der Waals surface area (Å²) in [6.07, 6.45) is 1.86. The molecule has 10 N–H and O–H groups in total. The molecule has 0 radical (unpaired) electrons. The lowest BCUT2D eigenvalue weighted by atomic mass is 10.0. The molecule has 7 heterocycles. The minimum absolute atomic E-state index is 0.171. The number of aliphatic hydroxyl groups is 2. The van der Waals surface area contributed by atoms with Crippen LogP contribution in [0.25, 0.3) is 44.8 Å². The summed E-state index contributed by atoms with van der Waals surface area (Å²) in [7, 11) is 0. The van der Waals surface area contributed by atoms with Gasteiger partial charge in [0.05, 0.1) is 74.4 Å². The summed E-state index contributed by atoms with van der Waals surface area (Å²) < 4.78 is 20.0. The van der Waals surface area contributed by atoms with Crippen LogP contribution in [0.1, 0.15) is 27.2 Å². The van der Waals surface area contributed by atoms with Crippen molar-refractivity contribution in [3.63, 3.8) is 0 Å². The number of hydrogen-bond acceptors (Lipinski definition) is 21. The largest absolute Gasteiger partial charge is 0.507 e. The van der Waals surface area contributed by atoms with Crippen LogP contribution in [0.5, 0.6) is 11.5 Å². The van der Waals surface area contributed by atoms with E-state index >= 15 is 0 Å². The Morgan fingerprint density at radius 2 is 1.06 bits per heavy atom. The van der Waals surface area contributed by atoms with Gasteiger partial charge in [0.1, 0.15) is 35.4 Å². The quantitative estimate of drug-likeness (QED) is 0.0362. The minimum Gasteiger partial charge on any atom is -0.507 e. The molecule has 87 heavy (non-hydrogen) atoms. The summed E-state index contributed by atoms with van der Waals surface area (Å²) in [6, 6.07) is 22.5. The lowest BCUT2D eigenvalue weighted by Gasteiger charge is -2.35. The van der Waals surface area contributed by atoms with Crippen molar-refractivity contribution in [3.8, 4) is 34.3 Å². The van der Waals surface area contributed by atoms with Gasteiger partial charge in [0, 0.05) is 203 Å². The molecule has 0 unspecified atom stereocenters. The van der Waals surface area contributed by atoms with Crippen LogP contribution >= 0.6 is 0 Å². The molecule has 7 aromatic rings. The number of phenols is 1. The first-order valence-corrected chi connectivity index (χ1v) is 31.2.